The third kappa shape index (κ3) is 3.20. The Kier molecular flexibility index (Phi) is 3.98. The normalized spacial score (nSPS) is 25.2. The molecule has 1 aromatic rings. The maximum absolute atomic E-state index is 9.69. The summed E-state index contributed by atoms with van der Waals surface area (Å²) in [5, 5.41) is 13.3. The van der Waals surface area contributed by atoms with Crippen molar-refractivity contribution >= 4 is 0 Å². The molecule has 0 bridgehead atoms. The lowest BCUT2D eigenvalue weighted by Crippen LogP contribution is -2.45. The SMILES string of the molecule is [N-]=[N+]=NC1CN(Cc2ccccc2)CCC1O. The van der Waals surface area contributed by atoms with Crippen molar-refractivity contribution in [3.05, 3.63) is 46.3 Å². The quantitative estimate of drug-likeness (QED) is 0.491. The summed E-state index contributed by atoms with van der Waals surface area (Å²) in [6.45, 7) is 2.30. The van der Waals surface area contributed by atoms with E-state index in [-0.39, 0.29) is 6.04 Å². The van der Waals surface area contributed by atoms with Gasteiger partial charge in [-0.25, -0.2) is 0 Å². The van der Waals surface area contributed by atoms with Gasteiger partial charge in [-0.1, -0.05) is 35.4 Å². The molecule has 0 aliphatic carbocycles. The van der Waals surface area contributed by atoms with E-state index >= 15 is 0 Å². The number of hydrogen-bond acceptors (Lipinski definition) is 3. The van der Waals surface area contributed by atoms with Crippen LogP contribution in [0.3, 0.4) is 0 Å². The highest BCUT2D eigenvalue weighted by atomic mass is 16.3. The van der Waals surface area contributed by atoms with Crippen LogP contribution in [-0.4, -0.2) is 35.2 Å². The Morgan fingerprint density at radius 1 is 1.41 bits per heavy atom. The molecular weight excluding hydrogens is 216 g/mol. The molecule has 1 aliphatic heterocycles. The highest BCUT2D eigenvalue weighted by Gasteiger charge is 2.26. The molecular formula is C12H16N4O. The summed E-state index contributed by atoms with van der Waals surface area (Å²) in [5.74, 6) is 0. The molecule has 1 N–H and O–H groups in total. The van der Waals surface area contributed by atoms with Crippen LogP contribution in [0.1, 0.15) is 12.0 Å². The van der Waals surface area contributed by atoms with Crippen LogP contribution in [0.4, 0.5) is 0 Å². The highest BCUT2D eigenvalue weighted by molar-refractivity contribution is 5.14. The van der Waals surface area contributed by atoms with Crippen LogP contribution in [0.2, 0.25) is 0 Å². The fourth-order valence-electron chi connectivity index (χ4n) is 2.15. The minimum atomic E-state index is -0.502. The number of rotatable bonds is 3. The molecule has 5 heteroatoms. The number of azide groups is 1. The average Bonchev–Trinajstić information content (AvgIpc) is 2.35. The van der Waals surface area contributed by atoms with Crippen molar-refractivity contribution in [1.29, 1.82) is 0 Å². The van der Waals surface area contributed by atoms with Gasteiger partial charge >= 0.3 is 0 Å². The molecule has 17 heavy (non-hydrogen) atoms. The zero-order valence-corrected chi connectivity index (χ0v) is 9.61. The summed E-state index contributed by atoms with van der Waals surface area (Å²) in [6, 6.07) is 9.85. The monoisotopic (exact) mass is 232 g/mol. The smallest absolute Gasteiger partial charge is 0.0761 e. The predicted molar refractivity (Wildman–Crippen MR) is 65.3 cm³/mol. The third-order valence-corrected chi connectivity index (χ3v) is 3.08. The molecule has 1 aromatic carbocycles. The molecule has 2 rings (SSSR count). The lowest BCUT2D eigenvalue weighted by molar-refractivity contribution is 0.0595. The topological polar surface area (TPSA) is 72.2 Å². The number of piperidine rings is 1. The van der Waals surface area contributed by atoms with Crippen molar-refractivity contribution in [1.82, 2.24) is 4.90 Å². The summed E-state index contributed by atoms with van der Waals surface area (Å²) in [6.07, 6.45) is 0.161. The molecule has 2 unspecified atom stereocenters. The van der Waals surface area contributed by atoms with Gasteiger partial charge < -0.3 is 5.11 Å². The summed E-state index contributed by atoms with van der Waals surface area (Å²) >= 11 is 0. The Balaban J connectivity index is 1.97. The molecule has 1 aliphatic rings. The molecule has 5 nitrogen and oxygen atoms in total. The van der Waals surface area contributed by atoms with Crippen LogP contribution in [0.5, 0.6) is 0 Å². The summed E-state index contributed by atoms with van der Waals surface area (Å²) < 4.78 is 0. The van der Waals surface area contributed by atoms with Gasteiger partial charge in [-0.15, -0.1) is 0 Å². The molecule has 2 atom stereocenters. The van der Waals surface area contributed by atoms with E-state index in [1.807, 2.05) is 18.2 Å². The molecule has 0 amide bonds. The zero-order chi connectivity index (χ0) is 12.1. The van der Waals surface area contributed by atoms with Gasteiger partial charge in [-0.05, 0) is 17.5 Å². The van der Waals surface area contributed by atoms with Crippen LogP contribution >= 0.6 is 0 Å². The summed E-state index contributed by atoms with van der Waals surface area (Å²) in [4.78, 5) is 5.00. The molecule has 0 spiro atoms. The summed E-state index contributed by atoms with van der Waals surface area (Å²) in [7, 11) is 0. The van der Waals surface area contributed by atoms with Crippen molar-refractivity contribution in [2.45, 2.75) is 25.1 Å². The van der Waals surface area contributed by atoms with Gasteiger partial charge in [0.2, 0.25) is 0 Å². The zero-order valence-electron chi connectivity index (χ0n) is 9.61. The second kappa shape index (κ2) is 5.68. The van der Waals surface area contributed by atoms with E-state index in [1.54, 1.807) is 0 Å². The van der Waals surface area contributed by atoms with Crippen LogP contribution < -0.4 is 0 Å². The maximum atomic E-state index is 9.69. The Hall–Kier alpha value is -1.55. The molecule has 0 saturated carbocycles. The molecule has 1 fully saturated rings. The summed E-state index contributed by atoms with van der Waals surface area (Å²) in [5.41, 5.74) is 9.68. The van der Waals surface area contributed by atoms with Crippen molar-refractivity contribution in [3.8, 4) is 0 Å². The molecule has 0 aromatic heterocycles. The molecule has 1 saturated heterocycles. The highest BCUT2D eigenvalue weighted by Crippen LogP contribution is 2.16. The van der Waals surface area contributed by atoms with Gasteiger partial charge in [0.1, 0.15) is 0 Å². The number of benzene rings is 1. The molecule has 90 valence electrons. The van der Waals surface area contributed by atoms with Crippen molar-refractivity contribution in [2.75, 3.05) is 13.1 Å². The van der Waals surface area contributed by atoms with E-state index in [4.69, 9.17) is 5.53 Å². The maximum Gasteiger partial charge on any atom is 0.0761 e. The fourth-order valence-corrected chi connectivity index (χ4v) is 2.15. The lowest BCUT2D eigenvalue weighted by Gasteiger charge is -2.33. The Morgan fingerprint density at radius 2 is 2.18 bits per heavy atom. The van der Waals surface area contributed by atoms with Gasteiger partial charge in [-0.2, -0.15) is 0 Å². The van der Waals surface area contributed by atoms with E-state index in [2.05, 4.69) is 27.1 Å². The van der Waals surface area contributed by atoms with Crippen LogP contribution in [0.15, 0.2) is 35.4 Å². The van der Waals surface area contributed by atoms with Crippen molar-refractivity contribution in [3.63, 3.8) is 0 Å². The van der Waals surface area contributed by atoms with Gasteiger partial charge in [0.25, 0.3) is 0 Å². The van der Waals surface area contributed by atoms with Gasteiger partial charge in [0, 0.05) is 24.5 Å². The minimum absolute atomic E-state index is 0.322. The van der Waals surface area contributed by atoms with Gasteiger partial charge in [0.15, 0.2) is 0 Å². The Bertz CT molecular complexity index is 402. The van der Waals surface area contributed by atoms with Gasteiger partial charge in [0.05, 0.1) is 12.1 Å². The predicted octanol–water partition coefficient (Wildman–Crippen LogP) is 1.93. The lowest BCUT2D eigenvalue weighted by atomic mass is 10.0. The standard InChI is InChI=1S/C12H16N4O/c13-15-14-11-9-16(7-6-12(11)17)8-10-4-2-1-3-5-10/h1-5,11-12,17H,6-9H2. The number of hydrogen-bond donors (Lipinski definition) is 1. The van der Waals surface area contributed by atoms with Crippen LogP contribution in [0.25, 0.3) is 10.4 Å². The Labute approximate surface area is 100 Å². The first-order valence-corrected chi connectivity index (χ1v) is 5.78. The van der Waals surface area contributed by atoms with Crippen molar-refractivity contribution in [2.24, 2.45) is 5.11 Å². The number of aliphatic hydroxyl groups excluding tert-OH is 1. The Morgan fingerprint density at radius 3 is 2.88 bits per heavy atom. The molecule has 0 radical (unpaired) electrons. The first-order chi connectivity index (χ1) is 8.29. The van der Waals surface area contributed by atoms with E-state index in [1.165, 1.54) is 5.56 Å². The van der Waals surface area contributed by atoms with E-state index in [9.17, 15) is 5.11 Å². The van der Waals surface area contributed by atoms with E-state index in [0.29, 0.717) is 13.0 Å². The fraction of sp³-hybridized carbons (Fsp3) is 0.500. The van der Waals surface area contributed by atoms with Crippen LogP contribution in [0, 0.1) is 0 Å². The second-order valence-corrected chi connectivity index (χ2v) is 4.35. The van der Waals surface area contributed by atoms with E-state index in [0.717, 1.165) is 13.1 Å². The van der Waals surface area contributed by atoms with E-state index < -0.39 is 6.10 Å². The largest absolute Gasteiger partial charge is 0.393 e. The number of nitrogens with zero attached hydrogens (tertiary/aromatic N) is 4. The van der Waals surface area contributed by atoms with Gasteiger partial charge in [-0.3, -0.25) is 4.90 Å². The van der Waals surface area contributed by atoms with Crippen LogP contribution in [-0.2, 0) is 6.54 Å². The number of likely N-dealkylation sites (tertiary alicyclic amines) is 1. The number of aliphatic hydroxyl groups is 1. The van der Waals surface area contributed by atoms with Crippen molar-refractivity contribution < 1.29 is 5.11 Å². The average molecular weight is 232 g/mol. The molecule has 1 heterocycles. The second-order valence-electron chi connectivity index (χ2n) is 4.35. The minimum Gasteiger partial charge on any atom is -0.393 e. The first-order valence-electron chi connectivity index (χ1n) is 5.78. The third-order valence-electron chi connectivity index (χ3n) is 3.08. The first kappa shape index (κ1) is 11.9.